The fourth-order valence-electron chi connectivity index (χ4n) is 1.95. The fourth-order valence-corrected chi connectivity index (χ4v) is 2.34. The van der Waals surface area contributed by atoms with Gasteiger partial charge >= 0.3 is 0 Å². The van der Waals surface area contributed by atoms with Gasteiger partial charge in [-0.1, -0.05) is 30.3 Å². The molecular weight excluding hydrogens is 308 g/mol. The molecule has 0 aliphatic carbocycles. The Kier molecular flexibility index (Phi) is 6.40. The van der Waals surface area contributed by atoms with Gasteiger partial charge in [-0.2, -0.15) is 5.26 Å². The third-order valence-corrected chi connectivity index (χ3v) is 3.74. The smallest absolute Gasteiger partial charge is 0.162 e. The van der Waals surface area contributed by atoms with Crippen LogP contribution in [0, 0.1) is 11.3 Å². The molecule has 0 fully saturated rings. The number of nitrogens with zero attached hydrogens (tertiary/aromatic N) is 1. The summed E-state index contributed by atoms with van der Waals surface area (Å²) in [6.07, 6.45) is 3.38. The van der Waals surface area contributed by atoms with E-state index in [2.05, 4.69) is 5.32 Å². The lowest BCUT2D eigenvalue weighted by atomic mass is 10.2. The predicted molar refractivity (Wildman–Crippen MR) is 94.6 cm³/mol. The Bertz CT molecular complexity index is 709. The molecule has 0 aromatic heterocycles. The van der Waals surface area contributed by atoms with E-state index in [0.29, 0.717) is 18.1 Å². The van der Waals surface area contributed by atoms with E-state index in [1.807, 2.05) is 60.9 Å². The van der Waals surface area contributed by atoms with Crippen LogP contribution in [0.5, 0.6) is 11.5 Å². The van der Waals surface area contributed by atoms with E-state index >= 15 is 0 Å². The Morgan fingerprint density at radius 1 is 1.22 bits per heavy atom. The molecule has 2 rings (SSSR count). The highest BCUT2D eigenvalue weighted by Crippen LogP contribution is 2.32. The first-order chi connectivity index (χ1) is 11.3. The summed E-state index contributed by atoms with van der Waals surface area (Å²) < 4.78 is 11.2. The quantitative estimate of drug-likeness (QED) is 0.764. The fraction of sp³-hybridized carbons (Fsp3) is 0.167. The van der Waals surface area contributed by atoms with Crippen molar-refractivity contribution in [3.63, 3.8) is 0 Å². The van der Waals surface area contributed by atoms with Gasteiger partial charge in [-0.25, -0.2) is 0 Å². The van der Waals surface area contributed by atoms with Gasteiger partial charge < -0.3 is 14.8 Å². The van der Waals surface area contributed by atoms with Crippen molar-refractivity contribution in [3.8, 4) is 17.6 Å². The average molecular weight is 326 g/mol. The Morgan fingerprint density at radius 3 is 2.65 bits per heavy atom. The van der Waals surface area contributed by atoms with Gasteiger partial charge in [0.05, 0.1) is 18.2 Å². The van der Waals surface area contributed by atoms with Gasteiger partial charge in [-0.15, -0.1) is 11.8 Å². The first-order valence-corrected chi connectivity index (χ1v) is 8.25. The van der Waals surface area contributed by atoms with Crippen LogP contribution in [0.2, 0.25) is 0 Å². The molecule has 4 nitrogen and oxygen atoms in total. The summed E-state index contributed by atoms with van der Waals surface area (Å²) in [6, 6.07) is 17.6. The monoisotopic (exact) mass is 326 g/mol. The number of anilines is 1. The first-order valence-electron chi connectivity index (χ1n) is 7.02. The molecule has 0 saturated heterocycles. The summed E-state index contributed by atoms with van der Waals surface area (Å²) >= 11 is 1.47. The lowest BCUT2D eigenvalue weighted by molar-refractivity contribution is 0.284. The summed E-state index contributed by atoms with van der Waals surface area (Å²) in [5, 5.41) is 12.7. The normalized spacial score (nSPS) is 10.7. The van der Waals surface area contributed by atoms with Gasteiger partial charge in [0.2, 0.25) is 0 Å². The van der Waals surface area contributed by atoms with Gasteiger partial charge in [0.25, 0.3) is 0 Å². The number of ether oxygens (including phenoxy) is 2. The van der Waals surface area contributed by atoms with Crippen molar-refractivity contribution in [1.29, 1.82) is 5.26 Å². The minimum atomic E-state index is 0.481. The highest BCUT2D eigenvalue weighted by molar-refractivity contribution is 8.02. The number of allylic oxidation sites excluding steroid dienone is 1. The van der Waals surface area contributed by atoms with Crippen molar-refractivity contribution in [3.05, 3.63) is 65.2 Å². The zero-order valence-corrected chi connectivity index (χ0v) is 13.9. The molecule has 1 N–H and O–H groups in total. The van der Waals surface area contributed by atoms with Crippen molar-refractivity contribution in [2.24, 2.45) is 0 Å². The molecule has 23 heavy (non-hydrogen) atoms. The maximum absolute atomic E-state index is 8.74. The molecule has 5 heteroatoms. The SMILES string of the molecule is COc1cc(NC(=CC#N)SC)ccc1OCc1ccccc1. The van der Waals surface area contributed by atoms with Crippen LogP contribution in [-0.2, 0) is 6.61 Å². The van der Waals surface area contributed by atoms with Crippen LogP contribution in [0.4, 0.5) is 5.69 Å². The van der Waals surface area contributed by atoms with Crippen LogP contribution in [0.1, 0.15) is 5.56 Å². The number of benzene rings is 2. The lowest BCUT2D eigenvalue weighted by Gasteiger charge is -2.13. The van der Waals surface area contributed by atoms with E-state index in [9.17, 15) is 0 Å². The number of thioether (sulfide) groups is 1. The van der Waals surface area contributed by atoms with Crippen molar-refractivity contribution in [1.82, 2.24) is 0 Å². The topological polar surface area (TPSA) is 54.3 Å². The van der Waals surface area contributed by atoms with Crippen LogP contribution in [0.25, 0.3) is 0 Å². The predicted octanol–water partition coefficient (Wildman–Crippen LogP) is 4.41. The van der Waals surface area contributed by atoms with Crippen molar-refractivity contribution in [2.75, 3.05) is 18.7 Å². The van der Waals surface area contributed by atoms with E-state index in [-0.39, 0.29) is 0 Å². The van der Waals surface area contributed by atoms with E-state index in [1.54, 1.807) is 7.11 Å². The van der Waals surface area contributed by atoms with E-state index in [4.69, 9.17) is 14.7 Å². The zero-order chi connectivity index (χ0) is 16.5. The molecule has 0 aliphatic rings. The number of methoxy groups -OCH3 is 1. The number of nitriles is 1. The number of hydrogen-bond acceptors (Lipinski definition) is 5. The summed E-state index contributed by atoms with van der Waals surface area (Å²) in [6.45, 7) is 0.481. The van der Waals surface area contributed by atoms with E-state index in [0.717, 1.165) is 16.3 Å². The van der Waals surface area contributed by atoms with Crippen LogP contribution in [-0.4, -0.2) is 13.4 Å². The van der Waals surface area contributed by atoms with Crippen LogP contribution in [0.15, 0.2) is 59.6 Å². The van der Waals surface area contributed by atoms with Crippen LogP contribution >= 0.6 is 11.8 Å². The molecular formula is C18H18N2O2S. The van der Waals surface area contributed by atoms with Gasteiger partial charge in [0.15, 0.2) is 11.5 Å². The highest BCUT2D eigenvalue weighted by atomic mass is 32.2. The molecule has 0 aliphatic heterocycles. The minimum absolute atomic E-state index is 0.481. The second kappa shape index (κ2) is 8.76. The molecule has 0 heterocycles. The van der Waals surface area contributed by atoms with Crippen molar-refractivity contribution in [2.45, 2.75) is 6.61 Å². The Hall–Kier alpha value is -2.58. The minimum Gasteiger partial charge on any atom is -0.493 e. The van der Waals surface area contributed by atoms with Gasteiger partial charge in [0, 0.05) is 17.8 Å². The van der Waals surface area contributed by atoms with Gasteiger partial charge in [-0.3, -0.25) is 0 Å². The number of nitrogens with one attached hydrogen (secondary N) is 1. The molecule has 118 valence electrons. The number of rotatable bonds is 7. The van der Waals surface area contributed by atoms with E-state index < -0.39 is 0 Å². The molecule has 0 radical (unpaired) electrons. The highest BCUT2D eigenvalue weighted by Gasteiger charge is 2.07. The average Bonchev–Trinajstić information content (AvgIpc) is 2.60. The molecule has 0 spiro atoms. The standard InChI is InChI=1S/C18H18N2O2S/c1-21-17-12-15(20-18(23-2)10-11-19)8-9-16(17)22-13-14-6-4-3-5-7-14/h3-10,12,20H,13H2,1-2H3. The molecule has 0 saturated carbocycles. The van der Waals surface area contributed by atoms with Crippen molar-refractivity contribution >= 4 is 17.4 Å². The van der Waals surface area contributed by atoms with Crippen molar-refractivity contribution < 1.29 is 9.47 Å². The van der Waals surface area contributed by atoms with Crippen LogP contribution in [0.3, 0.4) is 0 Å². The van der Waals surface area contributed by atoms with Gasteiger partial charge in [0.1, 0.15) is 6.61 Å². The summed E-state index contributed by atoms with van der Waals surface area (Å²) in [5.41, 5.74) is 1.93. The third kappa shape index (κ3) is 4.97. The third-order valence-electron chi connectivity index (χ3n) is 3.08. The van der Waals surface area contributed by atoms with Gasteiger partial charge in [-0.05, 0) is 24.0 Å². The second-order valence-electron chi connectivity index (χ2n) is 4.61. The molecule has 2 aromatic rings. The lowest BCUT2D eigenvalue weighted by Crippen LogP contribution is -2.00. The Morgan fingerprint density at radius 2 is 2.00 bits per heavy atom. The molecule has 0 amide bonds. The second-order valence-corrected chi connectivity index (χ2v) is 5.45. The Labute approximate surface area is 140 Å². The Balaban J connectivity index is 2.10. The first kappa shape index (κ1) is 16.8. The van der Waals surface area contributed by atoms with Crippen LogP contribution < -0.4 is 14.8 Å². The molecule has 0 atom stereocenters. The molecule has 0 unspecified atom stereocenters. The maximum atomic E-state index is 8.74. The number of hydrogen-bond donors (Lipinski definition) is 1. The zero-order valence-electron chi connectivity index (χ0n) is 13.1. The summed E-state index contributed by atoms with van der Waals surface area (Å²) in [4.78, 5) is 0. The summed E-state index contributed by atoms with van der Waals surface area (Å²) in [5.74, 6) is 1.32. The largest absolute Gasteiger partial charge is 0.493 e. The molecule has 2 aromatic carbocycles. The molecule has 0 bridgehead atoms. The van der Waals surface area contributed by atoms with E-state index in [1.165, 1.54) is 17.8 Å². The summed E-state index contributed by atoms with van der Waals surface area (Å²) in [7, 11) is 1.61. The maximum Gasteiger partial charge on any atom is 0.162 e.